The van der Waals surface area contributed by atoms with Crippen LogP contribution in [0.1, 0.15) is 224 Å². The van der Waals surface area contributed by atoms with E-state index in [0.29, 0.717) is 35.9 Å². The molecule has 0 aliphatic heterocycles. The summed E-state index contributed by atoms with van der Waals surface area (Å²) in [6, 6.07) is 0. The third-order valence-corrected chi connectivity index (χ3v) is 13.9. The monoisotopic (exact) mass is 1130 g/mol. The van der Waals surface area contributed by atoms with Crippen molar-refractivity contribution in [3.63, 3.8) is 0 Å². The Labute approximate surface area is 417 Å². The van der Waals surface area contributed by atoms with Gasteiger partial charge in [-0.3, -0.25) is 9.59 Å². The molecule has 0 saturated carbocycles. The fourth-order valence-electron chi connectivity index (χ4n) is 5.24. The quantitative estimate of drug-likeness (QED) is 0.0314. The van der Waals surface area contributed by atoms with Crippen molar-refractivity contribution >= 4 is 91.4 Å². The summed E-state index contributed by atoms with van der Waals surface area (Å²) in [5, 5.41) is 20.1. The van der Waals surface area contributed by atoms with Gasteiger partial charge in [-0.1, -0.05) is 133 Å². The Morgan fingerprint density at radius 3 is 1.06 bits per heavy atom. The molecule has 12 heteroatoms. The van der Waals surface area contributed by atoms with E-state index in [4.69, 9.17) is 9.47 Å². The summed E-state index contributed by atoms with van der Waals surface area (Å²) < 4.78 is 13.3. The molecule has 0 bridgehead atoms. The van der Waals surface area contributed by atoms with E-state index in [2.05, 4.69) is 118 Å². The first-order valence-electron chi connectivity index (χ1n) is 24.4. The van der Waals surface area contributed by atoms with Gasteiger partial charge in [0.2, 0.25) is 0 Å². The number of carbonyl (C=O) groups is 4. The van der Waals surface area contributed by atoms with Crippen molar-refractivity contribution in [2.75, 3.05) is 24.7 Å². The van der Waals surface area contributed by atoms with Gasteiger partial charge in [-0.2, -0.15) is 25.3 Å². The van der Waals surface area contributed by atoms with Gasteiger partial charge >= 0.3 is 113 Å². The average Bonchev–Trinajstić information content (AvgIpc) is 3.20. The van der Waals surface area contributed by atoms with Crippen LogP contribution in [-0.4, -0.2) is 90.9 Å². The van der Waals surface area contributed by atoms with E-state index in [9.17, 15) is 29.4 Å². The van der Waals surface area contributed by atoms with Gasteiger partial charge in [0.05, 0.1) is 24.7 Å². The molecule has 0 rings (SSSR count). The fraction of sp³-hybridized carbons (Fsp3) is 0.920. The number of carboxylic acid groups (broad SMARTS) is 2. The first-order valence-corrected chi connectivity index (χ1v) is 35.4. The first-order chi connectivity index (χ1) is 29.1. The molecule has 2 unspecified atom stereocenters. The van der Waals surface area contributed by atoms with Crippen molar-refractivity contribution < 1.29 is 38.9 Å². The summed E-state index contributed by atoms with van der Waals surface area (Å²) in [6.07, 6.45) is 23.7. The van der Waals surface area contributed by atoms with Gasteiger partial charge in [0.1, 0.15) is 0 Å². The van der Waals surface area contributed by atoms with E-state index in [1.165, 1.54) is 64.2 Å². The number of thiol groups is 2. The van der Waals surface area contributed by atoms with E-state index in [1.807, 2.05) is 0 Å². The number of ether oxygens (including phenoxy) is 2. The molecule has 0 spiro atoms. The van der Waals surface area contributed by atoms with Crippen LogP contribution in [0.25, 0.3) is 0 Å². The second-order valence-electron chi connectivity index (χ2n) is 18.5. The zero-order chi connectivity index (χ0) is 49.1. The Bertz CT molecular complexity index is 871. The number of carboxylic acids is 2. The zero-order valence-electron chi connectivity index (χ0n) is 43.1. The van der Waals surface area contributed by atoms with E-state index in [1.54, 1.807) is 8.87 Å². The van der Waals surface area contributed by atoms with E-state index in [0.717, 1.165) is 64.2 Å². The maximum absolute atomic E-state index is 10.8. The normalized spacial score (nSPS) is 11.4. The second-order valence-corrected chi connectivity index (χ2v) is 26.2. The summed E-state index contributed by atoms with van der Waals surface area (Å²) in [5.41, 5.74) is 0.753. The Kier molecular flexibility index (Phi) is 68.2. The molecule has 0 fully saturated rings. The van der Waals surface area contributed by atoms with Crippen LogP contribution < -0.4 is 10.2 Å². The molecule has 2 radical (unpaired) electrons. The van der Waals surface area contributed by atoms with Crippen molar-refractivity contribution in [2.45, 2.75) is 243 Å². The van der Waals surface area contributed by atoms with Gasteiger partial charge in [-0.05, 0) is 74.0 Å². The van der Waals surface area contributed by atoms with Gasteiger partial charge in [0, 0.05) is 11.9 Å². The minimum absolute atomic E-state index is 0.149. The van der Waals surface area contributed by atoms with Crippen molar-refractivity contribution in [1.29, 1.82) is 0 Å². The third-order valence-electron chi connectivity index (χ3n) is 9.33. The molecule has 62 heavy (non-hydrogen) atoms. The van der Waals surface area contributed by atoms with Crippen LogP contribution in [0.15, 0.2) is 0 Å². The number of esters is 2. The van der Waals surface area contributed by atoms with Crippen LogP contribution in [-0.2, 0) is 28.7 Å². The van der Waals surface area contributed by atoms with Crippen LogP contribution in [0.4, 0.5) is 0 Å². The van der Waals surface area contributed by atoms with Gasteiger partial charge < -0.3 is 29.3 Å². The Morgan fingerprint density at radius 2 is 0.839 bits per heavy atom. The molecule has 0 aliphatic rings. The summed E-state index contributed by atoms with van der Waals surface area (Å²) in [7, 11) is 0. The van der Waals surface area contributed by atoms with Crippen molar-refractivity contribution in [1.82, 2.24) is 0 Å². The van der Waals surface area contributed by atoms with Crippen LogP contribution in [0.5, 0.6) is 0 Å². The molecule has 0 amide bonds. The van der Waals surface area contributed by atoms with Gasteiger partial charge in [-0.25, -0.2) is 0 Å². The summed E-state index contributed by atoms with van der Waals surface area (Å²) in [6.45, 7) is 27.5. The molecule has 0 N–H and O–H groups in total. The molecule has 0 aromatic heterocycles. The summed E-state index contributed by atoms with van der Waals surface area (Å²) in [4.78, 5) is 46.3. The van der Waals surface area contributed by atoms with Gasteiger partial charge in [0.15, 0.2) is 0 Å². The Hall–Kier alpha value is 0.177. The number of hydrogen-bond acceptors (Lipinski definition) is 10. The van der Waals surface area contributed by atoms with Crippen LogP contribution in [0, 0.1) is 22.7 Å². The number of unbranched alkanes of at least 4 members (excludes halogenated alkanes) is 8. The van der Waals surface area contributed by atoms with Crippen LogP contribution in [0.3, 0.4) is 0 Å². The molecule has 0 aromatic carbocycles. The van der Waals surface area contributed by atoms with E-state index in [-0.39, 0.29) is 78.6 Å². The molecule has 0 saturated heterocycles. The predicted octanol–water partition coefficient (Wildman–Crippen LogP) is 12.7. The van der Waals surface area contributed by atoms with Crippen molar-refractivity contribution in [3.8, 4) is 0 Å². The Morgan fingerprint density at radius 1 is 0.532 bits per heavy atom. The number of aliphatic carboxylic acids is 2. The van der Waals surface area contributed by atoms with Gasteiger partial charge in [-0.15, -0.1) is 0 Å². The molecule has 2 atom stereocenters. The van der Waals surface area contributed by atoms with Crippen molar-refractivity contribution in [2.24, 2.45) is 22.7 Å². The zero-order valence-corrected chi connectivity index (χ0v) is 50.6. The first kappa shape index (κ1) is 73.7. The summed E-state index contributed by atoms with van der Waals surface area (Å²) >= 11 is 8.07. The number of hydrogen-bond donors (Lipinski definition) is 2. The molecule has 370 valence electrons. The molecule has 0 heterocycles. The third kappa shape index (κ3) is 83.7. The second kappa shape index (κ2) is 57.3. The van der Waals surface area contributed by atoms with Gasteiger partial charge in [0.25, 0.3) is 0 Å². The van der Waals surface area contributed by atoms with E-state index >= 15 is 0 Å². The topological polar surface area (TPSA) is 133 Å². The Balaban J connectivity index is -0.000000156. The average molecular weight is 1130 g/mol. The maximum atomic E-state index is 10.8. The SMILES string of the molecule is CC(C)(C)CCCCCC(=O)[O-].CC(C)(C)CCCCCC(=O)[O-].CCCCC(CC)COC(=O)CS.CCCCC(CC)COC(=O)CS.CCC[CH2][Sn][CH2]CCC.[CH3][Sn+2][CH3]. The van der Waals surface area contributed by atoms with Crippen LogP contribution in [0.2, 0.25) is 18.8 Å². The predicted molar refractivity (Wildman–Crippen MR) is 274 cm³/mol. The fourth-order valence-corrected chi connectivity index (χ4v) is 9.58. The molecular weight excluding hydrogens is 1030 g/mol. The molecule has 0 aliphatic carbocycles. The number of carbonyl (C=O) groups excluding carboxylic acids is 4. The van der Waals surface area contributed by atoms with E-state index < -0.39 is 11.9 Å². The van der Waals surface area contributed by atoms with Crippen molar-refractivity contribution in [3.05, 3.63) is 0 Å². The summed E-state index contributed by atoms with van der Waals surface area (Å²) in [5.74, 6) is -0.838. The number of rotatable bonds is 30. The molecule has 0 aromatic rings. The molecule has 8 nitrogen and oxygen atoms in total. The molecular formula is C50H102O8S2Sn2. The minimum atomic E-state index is -0.925. The van der Waals surface area contributed by atoms with Crippen LogP contribution >= 0.6 is 25.3 Å². The standard InChI is InChI=1S/2C10H20O2S.2C10H20O2.2C4H9.2CH3.2Sn/c2*1-3-5-6-9(4-2)7-12-10(11)8-13;2*1-10(2,3)8-6-4-5-7-9(11)12;2*1-3-4-2;;;;/h2*9,13H,3-8H2,1-2H3;2*4-8H2,1-3H3,(H,11,12);2*1,3-4H2,2H3;2*1H3;;/q;;;;;;;;;+2/p-2.